The number of ether oxygens (including phenoxy) is 1. The second-order valence-corrected chi connectivity index (χ2v) is 6.84. The van der Waals surface area contributed by atoms with Gasteiger partial charge >= 0.3 is 6.03 Å². The molecule has 2 aromatic heterocycles. The number of H-pyrrole nitrogens is 1. The number of aromatic amines is 1. The molecule has 0 bridgehead atoms. The number of hydrogen-bond donors (Lipinski definition) is 3. The molecule has 7 heteroatoms. The number of carbonyl (C=O) groups excluding carboxylic acids is 1. The Hall–Kier alpha value is -2.57. The number of carbonyl (C=O) groups is 1. The van der Waals surface area contributed by atoms with Gasteiger partial charge in [0.15, 0.2) is 0 Å². The van der Waals surface area contributed by atoms with E-state index in [1.165, 1.54) is 18.4 Å². The van der Waals surface area contributed by atoms with Crippen molar-refractivity contribution < 1.29 is 9.53 Å². The van der Waals surface area contributed by atoms with Crippen LogP contribution in [0.2, 0.25) is 0 Å². The molecule has 0 spiro atoms. The lowest BCUT2D eigenvalue weighted by atomic mass is 9.94. The lowest BCUT2D eigenvalue weighted by molar-refractivity contribution is 0.234. The Labute approximate surface area is 146 Å². The summed E-state index contributed by atoms with van der Waals surface area (Å²) in [6.07, 6.45) is 9.07. The first-order valence-corrected chi connectivity index (χ1v) is 8.92. The first kappa shape index (κ1) is 15.9. The van der Waals surface area contributed by atoms with Gasteiger partial charge in [-0.3, -0.25) is 5.10 Å². The fourth-order valence-electron chi connectivity index (χ4n) is 3.13. The van der Waals surface area contributed by atoms with E-state index < -0.39 is 0 Å². The summed E-state index contributed by atoms with van der Waals surface area (Å²) >= 11 is 0. The van der Waals surface area contributed by atoms with Crippen LogP contribution >= 0.6 is 0 Å². The number of rotatable bonds is 6. The topological polar surface area (TPSA) is 91.9 Å². The molecule has 132 valence electrons. The Morgan fingerprint density at radius 2 is 2.28 bits per heavy atom. The van der Waals surface area contributed by atoms with Crippen molar-refractivity contribution in [1.82, 2.24) is 25.8 Å². The molecule has 0 radical (unpaired) electrons. The standard InChI is InChI=1S/C18H23N5O2/c24-18(22-15-3-1-2-14-10-21-23-17(14)15)20-9-13-6-7-19-16(8-13)25-11-12-4-5-12/h6-8,10,12,15H,1-5,9,11H2,(H,21,23)(H2,20,22,24)/t15-/m1/s1. The number of amides is 2. The van der Waals surface area contributed by atoms with Crippen LogP contribution in [0.25, 0.3) is 0 Å². The van der Waals surface area contributed by atoms with E-state index in [1.807, 2.05) is 18.3 Å². The molecule has 2 aromatic rings. The SMILES string of the molecule is O=C(NCc1ccnc(OCC2CC2)c1)N[C@@H]1CCCc2cn[nH]c21. The third kappa shape index (κ3) is 4.10. The minimum absolute atomic E-state index is 0.00104. The predicted molar refractivity (Wildman–Crippen MR) is 92.1 cm³/mol. The van der Waals surface area contributed by atoms with Gasteiger partial charge in [0, 0.05) is 18.8 Å². The van der Waals surface area contributed by atoms with Crippen LogP contribution in [0.1, 0.15) is 48.5 Å². The van der Waals surface area contributed by atoms with Crippen LogP contribution in [0.4, 0.5) is 4.79 Å². The summed E-state index contributed by atoms with van der Waals surface area (Å²) in [5, 5.41) is 13.0. The Balaban J connectivity index is 1.28. The molecule has 0 aliphatic heterocycles. The summed E-state index contributed by atoms with van der Waals surface area (Å²) in [4.78, 5) is 16.4. The maximum absolute atomic E-state index is 12.2. The molecule has 1 saturated carbocycles. The maximum Gasteiger partial charge on any atom is 0.315 e. The maximum atomic E-state index is 12.2. The third-order valence-corrected chi connectivity index (χ3v) is 4.76. The van der Waals surface area contributed by atoms with Crippen LogP contribution in [0.3, 0.4) is 0 Å². The van der Waals surface area contributed by atoms with Gasteiger partial charge in [-0.25, -0.2) is 9.78 Å². The first-order chi connectivity index (χ1) is 12.3. The molecule has 25 heavy (non-hydrogen) atoms. The molecule has 2 aliphatic carbocycles. The minimum Gasteiger partial charge on any atom is -0.477 e. The van der Waals surface area contributed by atoms with Crippen LogP contribution in [0.15, 0.2) is 24.5 Å². The van der Waals surface area contributed by atoms with Crippen molar-refractivity contribution in [3.63, 3.8) is 0 Å². The monoisotopic (exact) mass is 341 g/mol. The van der Waals surface area contributed by atoms with E-state index in [0.717, 1.165) is 37.1 Å². The largest absolute Gasteiger partial charge is 0.477 e. The normalized spacial score (nSPS) is 19.1. The van der Waals surface area contributed by atoms with Crippen LogP contribution in [-0.4, -0.2) is 27.8 Å². The first-order valence-electron chi connectivity index (χ1n) is 8.92. The fourth-order valence-corrected chi connectivity index (χ4v) is 3.13. The predicted octanol–water partition coefficient (Wildman–Crippen LogP) is 2.47. The van der Waals surface area contributed by atoms with Gasteiger partial charge in [-0.15, -0.1) is 0 Å². The molecule has 1 atom stereocenters. The highest BCUT2D eigenvalue weighted by molar-refractivity contribution is 5.74. The number of fused-ring (bicyclic) bond motifs is 1. The van der Waals surface area contributed by atoms with Crippen LogP contribution < -0.4 is 15.4 Å². The molecular formula is C18H23N5O2. The van der Waals surface area contributed by atoms with Crippen LogP contribution in [-0.2, 0) is 13.0 Å². The second-order valence-electron chi connectivity index (χ2n) is 6.84. The third-order valence-electron chi connectivity index (χ3n) is 4.76. The molecular weight excluding hydrogens is 318 g/mol. The molecule has 1 fully saturated rings. The average molecular weight is 341 g/mol. The van der Waals surface area contributed by atoms with Crippen molar-refractivity contribution in [2.45, 2.75) is 44.7 Å². The van der Waals surface area contributed by atoms with E-state index in [1.54, 1.807) is 6.20 Å². The Kier molecular flexibility index (Phi) is 4.54. The zero-order chi connectivity index (χ0) is 17.1. The summed E-state index contributed by atoms with van der Waals surface area (Å²) in [6.45, 7) is 1.18. The van der Waals surface area contributed by atoms with Crippen molar-refractivity contribution in [2.24, 2.45) is 5.92 Å². The van der Waals surface area contributed by atoms with Crippen molar-refractivity contribution in [3.05, 3.63) is 41.3 Å². The van der Waals surface area contributed by atoms with Crippen molar-refractivity contribution in [1.29, 1.82) is 0 Å². The molecule has 7 nitrogen and oxygen atoms in total. The van der Waals surface area contributed by atoms with E-state index in [9.17, 15) is 4.79 Å². The second kappa shape index (κ2) is 7.13. The Morgan fingerprint density at radius 3 is 3.16 bits per heavy atom. The van der Waals surface area contributed by atoms with E-state index in [4.69, 9.17) is 4.74 Å². The number of aryl methyl sites for hydroxylation is 1. The van der Waals surface area contributed by atoms with Gasteiger partial charge in [0.25, 0.3) is 0 Å². The van der Waals surface area contributed by atoms with E-state index >= 15 is 0 Å². The van der Waals surface area contributed by atoms with E-state index in [-0.39, 0.29) is 12.1 Å². The molecule has 2 heterocycles. The number of hydrogen-bond acceptors (Lipinski definition) is 4. The molecule has 2 amide bonds. The lowest BCUT2D eigenvalue weighted by Gasteiger charge is -2.23. The lowest BCUT2D eigenvalue weighted by Crippen LogP contribution is -2.38. The van der Waals surface area contributed by atoms with Gasteiger partial charge in [0.2, 0.25) is 5.88 Å². The summed E-state index contributed by atoms with van der Waals surface area (Å²) in [5.74, 6) is 1.32. The molecule has 2 aliphatic rings. The Morgan fingerprint density at radius 1 is 1.36 bits per heavy atom. The van der Waals surface area contributed by atoms with Crippen molar-refractivity contribution in [3.8, 4) is 5.88 Å². The van der Waals surface area contributed by atoms with Crippen LogP contribution in [0, 0.1) is 5.92 Å². The molecule has 4 rings (SSSR count). The fraction of sp³-hybridized carbons (Fsp3) is 0.500. The zero-order valence-corrected chi connectivity index (χ0v) is 14.1. The highest BCUT2D eigenvalue weighted by atomic mass is 16.5. The number of nitrogens with one attached hydrogen (secondary N) is 3. The van der Waals surface area contributed by atoms with E-state index in [2.05, 4.69) is 25.8 Å². The summed E-state index contributed by atoms with van der Waals surface area (Å²) in [6, 6.07) is 3.60. The molecule has 0 saturated heterocycles. The number of pyridine rings is 1. The van der Waals surface area contributed by atoms with Crippen molar-refractivity contribution in [2.75, 3.05) is 6.61 Å². The zero-order valence-electron chi connectivity index (χ0n) is 14.1. The summed E-state index contributed by atoms with van der Waals surface area (Å²) in [5.41, 5.74) is 3.20. The summed E-state index contributed by atoms with van der Waals surface area (Å²) in [7, 11) is 0. The number of urea groups is 1. The number of aromatic nitrogens is 3. The number of nitrogens with zero attached hydrogens (tertiary/aromatic N) is 2. The van der Waals surface area contributed by atoms with Gasteiger partial charge in [-0.05, 0) is 55.2 Å². The van der Waals surface area contributed by atoms with Gasteiger partial charge in [-0.1, -0.05) is 0 Å². The molecule has 0 unspecified atom stereocenters. The smallest absolute Gasteiger partial charge is 0.315 e. The van der Waals surface area contributed by atoms with Gasteiger partial charge in [-0.2, -0.15) is 5.10 Å². The van der Waals surface area contributed by atoms with Gasteiger partial charge in [0.1, 0.15) is 0 Å². The minimum atomic E-state index is -0.176. The quantitative estimate of drug-likeness (QED) is 0.752. The van der Waals surface area contributed by atoms with Crippen LogP contribution in [0.5, 0.6) is 5.88 Å². The Bertz CT molecular complexity index is 741. The molecule has 3 N–H and O–H groups in total. The van der Waals surface area contributed by atoms with Gasteiger partial charge in [0.05, 0.1) is 24.5 Å². The molecule has 0 aromatic carbocycles. The van der Waals surface area contributed by atoms with Gasteiger partial charge < -0.3 is 15.4 Å². The average Bonchev–Trinajstić information content (AvgIpc) is 3.33. The van der Waals surface area contributed by atoms with E-state index in [0.29, 0.717) is 18.3 Å². The van der Waals surface area contributed by atoms with Crippen molar-refractivity contribution >= 4 is 6.03 Å². The highest BCUT2D eigenvalue weighted by Gasteiger charge is 2.23. The summed E-state index contributed by atoms with van der Waals surface area (Å²) < 4.78 is 5.68. The highest BCUT2D eigenvalue weighted by Crippen LogP contribution is 2.29.